The second-order valence-corrected chi connectivity index (χ2v) is 3.36. The third-order valence-electron chi connectivity index (χ3n) is 1.46. The molecule has 1 rings (SSSR count). The second-order valence-electron chi connectivity index (χ2n) is 2.31. The highest BCUT2D eigenvalue weighted by molar-refractivity contribution is 8.21. The summed E-state index contributed by atoms with van der Waals surface area (Å²) in [7, 11) is 6.50. The molecule has 0 aliphatic carbocycles. The van der Waals surface area contributed by atoms with Crippen LogP contribution in [-0.4, -0.2) is 12.6 Å². The molecule has 0 heterocycles. The molecule has 0 saturated carbocycles. The summed E-state index contributed by atoms with van der Waals surface area (Å²) in [5, 5.41) is 8.23. The molecule has 0 aliphatic rings. The van der Waals surface area contributed by atoms with E-state index in [9.17, 15) is 4.79 Å². The maximum atomic E-state index is 11.3. The molecule has 0 bridgehead atoms. The lowest BCUT2D eigenvalue weighted by molar-refractivity contribution is 0.0551. The van der Waals surface area contributed by atoms with Crippen LogP contribution in [0.2, 0.25) is 0 Å². The fourth-order valence-corrected chi connectivity index (χ4v) is 1.65. The lowest BCUT2D eigenvalue weighted by Gasteiger charge is -2.03. The largest absolute Gasteiger partial charge is 0.447 e. The minimum absolute atomic E-state index is 0.250. The van der Waals surface area contributed by atoms with Crippen LogP contribution in [0.15, 0.2) is 29.2 Å². The van der Waals surface area contributed by atoms with Crippen molar-refractivity contribution >= 4 is 27.6 Å². The first kappa shape index (κ1) is 10.9. The van der Waals surface area contributed by atoms with Gasteiger partial charge in [0.2, 0.25) is 0 Å². The van der Waals surface area contributed by atoms with Gasteiger partial charge in [0.05, 0.1) is 5.56 Å². The summed E-state index contributed by atoms with van der Waals surface area (Å²) in [6.45, 7) is -0.250. The van der Waals surface area contributed by atoms with Gasteiger partial charge < -0.3 is 4.74 Å². The molecule has 0 aliphatic heterocycles. The van der Waals surface area contributed by atoms with Crippen molar-refractivity contribution in [2.24, 2.45) is 0 Å². The molecule has 14 heavy (non-hydrogen) atoms. The van der Waals surface area contributed by atoms with Gasteiger partial charge >= 0.3 is 5.97 Å². The Labute approximate surface area is 90.1 Å². The van der Waals surface area contributed by atoms with Crippen LogP contribution in [0.25, 0.3) is 0 Å². The van der Waals surface area contributed by atoms with Crippen molar-refractivity contribution in [2.45, 2.75) is 4.90 Å². The van der Waals surface area contributed by atoms with Crippen molar-refractivity contribution in [1.82, 2.24) is 0 Å². The zero-order valence-corrected chi connectivity index (χ0v) is 8.64. The fraction of sp³-hybridized carbons (Fsp3) is 0.111. The lowest BCUT2D eigenvalue weighted by Crippen LogP contribution is -2.06. The molecule has 0 radical (unpaired) electrons. The number of halogens is 1. The van der Waals surface area contributed by atoms with Gasteiger partial charge in [-0.3, -0.25) is 0 Å². The molecular formula is C9H6ClNO2S. The minimum Gasteiger partial charge on any atom is -0.447 e. The van der Waals surface area contributed by atoms with Crippen molar-refractivity contribution in [2.75, 3.05) is 6.61 Å². The first-order chi connectivity index (χ1) is 6.79. The maximum Gasteiger partial charge on any atom is 0.340 e. The molecule has 1 aromatic carbocycles. The topological polar surface area (TPSA) is 50.1 Å². The van der Waals surface area contributed by atoms with E-state index in [1.807, 2.05) is 0 Å². The number of hydrogen-bond donors (Lipinski definition) is 0. The van der Waals surface area contributed by atoms with Gasteiger partial charge in [0, 0.05) is 4.90 Å². The zero-order valence-electron chi connectivity index (χ0n) is 7.07. The van der Waals surface area contributed by atoms with Gasteiger partial charge in [0.1, 0.15) is 6.07 Å². The summed E-state index contributed by atoms with van der Waals surface area (Å²) in [6.07, 6.45) is 0. The van der Waals surface area contributed by atoms with Crippen LogP contribution in [0.5, 0.6) is 0 Å². The van der Waals surface area contributed by atoms with Crippen molar-refractivity contribution in [3.8, 4) is 6.07 Å². The van der Waals surface area contributed by atoms with Crippen molar-refractivity contribution < 1.29 is 9.53 Å². The predicted octanol–water partition coefficient (Wildman–Crippen LogP) is 2.61. The van der Waals surface area contributed by atoms with E-state index in [1.165, 1.54) is 0 Å². The Balaban J connectivity index is 2.84. The van der Waals surface area contributed by atoms with Gasteiger partial charge in [-0.2, -0.15) is 5.26 Å². The molecule has 0 unspecified atom stereocenters. The number of nitriles is 1. The average Bonchev–Trinajstić information content (AvgIpc) is 2.25. The number of hydrogen-bond acceptors (Lipinski definition) is 4. The number of rotatable bonds is 3. The Kier molecular flexibility index (Phi) is 4.30. The Bertz CT molecular complexity index is 375. The van der Waals surface area contributed by atoms with Crippen molar-refractivity contribution in [3.63, 3.8) is 0 Å². The predicted molar refractivity (Wildman–Crippen MR) is 54.0 cm³/mol. The van der Waals surface area contributed by atoms with E-state index in [0.717, 1.165) is 11.0 Å². The molecule has 5 heteroatoms. The normalized spacial score (nSPS) is 9.14. The van der Waals surface area contributed by atoms with E-state index in [0.29, 0.717) is 10.5 Å². The molecule has 0 amide bonds. The summed E-state index contributed by atoms with van der Waals surface area (Å²) in [4.78, 5) is 12.0. The van der Waals surface area contributed by atoms with Gasteiger partial charge in [0.15, 0.2) is 6.61 Å². The molecule has 3 nitrogen and oxygen atoms in total. The highest BCUT2D eigenvalue weighted by Crippen LogP contribution is 2.26. The zero-order chi connectivity index (χ0) is 10.4. The number of esters is 1. The molecule has 72 valence electrons. The van der Waals surface area contributed by atoms with E-state index in [4.69, 9.17) is 15.9 Å². The van der Waals surface area contributed by atoms with Crippen LogP contribution in [0.4, 0.5) is 0 Å². The minimum atomic E-state index is -0.532. The lowest BCUT2D eigenvalue weighted by atomic mass is 10.2. The van der Waals surface area contributed by atoms with Gasteiger partial charge in [-0.1, -0.05) is 12.1 Å². The molecule has 0 fully saturated rings. The third kappa shape index (κ3) is 2.66. The van der Waals surface area contributed by atoms with Crippen LogP contribution in [0, 0.1) is 11.3 Å². The highest BCUT2D eigenvalue weighted by Gasteiger charge is 2.11. The third-order valence-corrected chi connectivity index (χ3v) is 2.48. The maximum absolute atomic E-state index is 11.3. The number of carbonyl (C=O) groups is 1. The van der Waals surface area contributed by atoms with Crippen molar-refractivity contribution in [1.29, 1.82) is 5.26 Å². The monoisotopic (exact) mass is 227 g/mol. The van der Waals surface area contributed by atoms with Gasteiger partial charge in [-0.15, -0.1) is 0 Å². The van der Waals surface area contributed by atoms with Crippen LogP contribution < -0.4 is 0 Å². The SMILES string of the molecule is N#CCOC(=O)c1ccccc1SCl. The first-order valence-electron chi connectivity index (χ1n) is 3.71. The van der Waals surface area contributed by atoms with Crippen LogP contribution in [0.1, 0.15) is 10.4 Å². The van der Waals surface area contributed by atoms with Gasteiger partial charge in [-0.05, 0) is 33.8 Å². The molecular weight excluding hydrogens is 222 g/mol. The molecule has 0 spiro atoms. The molecule has 1 aromatic rings. The Hall–Kier alpha value is -1.18. The summed E-state index contributed by atoms with van der Waals surface area (Å²) in [5.41, 5.74) is 0.378. The van der Waals surface area contributed by atoms with E-state index in [-0.39, 0.29) is 6.61 Å². The van der Waals surface area contributed by atoms with Crippen molar-refractivity contribution in [3.05, 3.63) is 29.8 Å². The Morgan fingerprint density at radius 3 is 2.93 bits per heavy atom. The number of carbonyl (C=O) groups excluding carboxylic acids is 1. The van der Waals surface area contributed by atoms with Crippen LogP contribution in [0.3, 0.4) is 0 Å². The molecule has 0 aromatic heterocycles. The summed E-state index contributed by atoms with van der Waals surface area (Å²) in [5.74, 6) is -0.532. The van der Waals surface area contributed by atoms with Crippen LogP contribution in [-0.2, 0) is 4.74 Å². The van der Waals surface area contributed by atoms with Gasteiger partial charge in [-0.25, -0.2) is 4.79 Å². The highest BCUT2D eigenvalue weighted by atomic mass is 35.7. The summed E-state index contributed by atoms with van der Waals surface area (Å²) < 4.78 is 4.65. The standard InChI is InChI=1S/C9H6ClNO2S/c10-14-8-4-2-1-3-7(8)9(12)13-6-5-11/h1-4H,6H2. The smallest absolute Gasteiger partial charge is 0.340 e. The van der Waals surface area contributed by atoms with Crippen LogP contribution >= 0.6 is 21.7 Å². The second kappa shape index (κ2) is 5.53. The van der Waals surface area contributed by atoms with E-state index in [2.05, 4.69) is 4.74 Å². The fourth-order valence-electron chi connectivity index (χ4n) is 0.878. The number of benzene rings is 1. The van der Waals surface area contributed by atoms with E-state index < -0.39 is 5.97 Å². The molecule has 0 N–H and O–H groups in total. The summed E-state index contributed by atoms with van der Waals surface area (Å²) >= 11 is 0. The van der Waals surface area contributed by atoms with E-state index >= 15 is 0 Å². The average molecular weight is 228 g/mol. The number of ether oxygens (including phenoxy) is 1. The first-order valence-corrected chi connectivity index (χ1v) is 5.35. The number of nitrogens with zero attached hydrogens (tertiary/aromatic N) is 1. The molecule has 0 atom stereocenters. The summed E-state index contributed by atoms with van der Waals surface area (Å²) in [6, 6.07) is 8.51. The quantitative estimate of drug-likeness (QED) is 0.745. The van der Waals surface area contributed by atoms with Gasteiger partial charge in [0.25, 0.3) is 0 Å². The Morgan fingerprint density at radius 1 is 1.57 bits per heavy atom. The Morgan fingerprint density at radius 2 is 2.29 bits per heavy atom. The molecule has 0 saturated heterocycles. The van der Waals surface area contributed by atoms with E-state index in [1.54, 1.807) is 30.3 Å².